The molecule has 0 radical (unpaired) electrons. The third-order valence-electron chi connectivity index (χ3n) is 3.07. The number of carbonyl (C=O) groups excluding carboxylic acids is 2. The van der Waals surface area contributed by atoms with Gasteiger partial charge in [-0.25, -0.2) is 0 Å². The topological polar surface area (TPSA) is 49.4 Å². The van der Waals surface area contributed by atoms with Crippen LogP contribution < -0.4 is 5.32 Å². The molecule has 1 fully saturated rings. The zero-order valence-corrected chi connectivity index (χ0v) is 11.4. The number of nitrogens with zero attached hydrogens (tertiary/aromatic N) is 1. The van der Waals surface area contributed by atoms with Crippen molar-refractivity contribution in [3.8, 4) is 0 Å². The molecule has 0 unspecified atom stereocenters. The highest BCUT2D eigenvalue weighted by molar-refractivity contribution is 5.89. The second kappa shape index (κ2) is 5.52. The number of likely N-dealkylation sites (tertiary alicyclic amines) is 1. The molecule has 0 aliphatic carbocycles. The third-order valence-corrected chi connectivity index (χ3v) is 3.07. The van der Waals surface area contributed by atoms with Crippen LogP contribution in [0.5, 0.6) is 0 Å². The van der Waals surface area contributed by atoms with Crippen molar-refractivity contribution in [1.29, 1.82) is 0 Å². The van der Waals surface area contributed by atoms with Gasteiger partial charge >= 0.3 is 0 Å². The first-order chi connectivity index (χ1) is 7.82. The summed E-state index contributed by atoms with van der Waals surface area (Å²) < 4.78 is 0. The minimum absolute atomic E-state index is 0.0438. The molecular formula is C13H24N2O2. The predicted molar refractivity (Wildman–Crippen MR) is 67.5 cm³/mol. The van der Waals surface area contributed by atoms with E-state index in [1.807, 2.05) is 25.7 Å². The average molecular weight is 240 g/mol. The van der Waals surface area contributed by atoms with E-state index in [0.717, 1.165) is 25.9 Å². The van der Waals surface area contributed by atoms with Gasteiger partial charge < -0.3 is 10.2 Å². The first-order valence-corrected chi connectivity index (χ1v) is 6.42. The molecule has 1 aliphatic rings. The number of carbonyl (C=O) groups is 2. The molecule has 98 valence electrons. The molecule has 1 N–H and O–H groups in total. The largest absolute Gasteiger partial charge is 0.344 e. The summed E-state index contributed by atoms with van der Waals surface area (Å²) in [5, 5.41) is 2.79. The van der Waals surface area contributed by atoms with Crippen molar-refractivity contribution in [2.45, 2.75) is 53.0 Å². The van der Waals surface area contributed by atoms with Crippen molar-refractivity contribution in [2.75, 3.05) is 13.1 Å². The van der Waals surface area contributed by atoms with E-state index in [1.54, 1.807) is 6.92 Å². The van der Waals surface area contributed by atoms with Crippen molar-refractivity contribution in [1.82, 2.24) is 10.2 Å². The van der Waals surface area contributed by atoms with Gasteiger partial charge in [0.15, 0.2) is 0 Å². The summed E-state index contributed by atoms with van der Waals surface area (Å²) in [5.41, 5.74) is -0.448. The van der Waals surface area contributed by atoms with Crippen molar-refractivity contribution in [2.24, 2.45) is 5.41 Å². The van der Waals surface area contributed by atoms with Crippen molar-refractivity contribution in [3.05, 3.63) is 0 Å². The van der Waals surface area contributed by atoms with Gasteiger partial charge in [-0.3, -0.25) is 9.59 Å². The first-order valence-electron chi connectivity index (χ1n) is 6.42. The number of nitrogens with one attached hydrogen (secondary N) is 1. The molecule has 0 aromatic rings. The average Bonchev–Trinajstić information content (AvgIpc) is 2.27. The van der Waals surface area contributed by atoms with E-state index >= 15 is 0 Å². The molecule has 0 aromatic carbocycles. The van der Waals surface area contributed by atoms with Crippen LogP contribution in [0, 0.1) is 5.41 Å². The number of piperidine rings is 1. The Labute approximate surface area is 104 Å². The van der Waals surface area contributed by atoms with Gasteiger partial charge in [0.2, 0.25) is 11.8 Å². The van der Waals surface area contributed by atoms with E-state index in [0.29, 0.717) is 0 Å². The van der Waals surface area contributed by atoms with Crippen LogP contribution in [0.1, 0.15) is 47.0 Å². The molecule has 0 aromatic heterocycles. The maximum Gasteiger partial charge on any atom is 0.244 e. The van der Waals surface area contributed by atoms with Gasteiger partial charge in [0.1, 0.15) is 6.04 Å². The Morgan fingerprint density at radius 3 is 2.12 bits per heavy atom. The van der Waals surface area contributed by atoms with Crippen molar-refractivity contribution < 1.29 is 9.59 Å². The SMILES string of the molecule is C[C@@H](NC(=O)C(C)(C)C)C(=O)N1CCCCC1. The lowest BCUT2D eigenvalue weighted by Gasteiger charge is -2.30. The zero-order chi connectivity index (χ0) is 13.1. The van der Waals surface area contributed by atoms with Crippen LogP contribution in [0.2, 0.25) is 0 Å². The first kappa shape index (κ1) is 14.0. The Hall–Kier alpha value is -1.06. The molecule has 1 rings (SSSR count). The molecule has 0 spiro atoms. The predicted octanol–water partition coefficient (Wildman–Crippen LogP) is 1.55. The lowest BCUT2D eigenvalue weighted by atomic mass is 9.95. The molecule has 1 atom stereocenters. The number of rotatable bonds is 2. The summed E-state index contributed by atoms with van der Waals surface area (Å²) in [7, 11) is 0. The van der Waals surface area contributed by atoms with Gasteiger partial charge in [0, 0.05) is 18.5 Å². The minimum Gasteiger partial charge on any atom is -0.344 e. The number of hydrogen-bond acceptors (Lipinski definition) is 2. The summed E-state index contributed by atoms with van der Waals surface area (Å²) in [6, 6.07) is -0.417. The highest BCUT2D eigenvalue weighted by atomic mass is 16.2. The Bertz CT molecular complexity index is 288. The Morgan fingerprint density at radius 2 is 1.65 bits per heavy atom. The summed E-state index contributed by atoms with van der Waals surface area (Å²) in [5.74, 6) is -0.0299. The van der Waals surface area contributed by atoms with E-state index in [9.17, 15) is 9.59 Å². The van der Waals surface area contributed by atoms with Gasteiger partial charge in [0.25, 0.3) is 0 Å². The fourth-order valence-electron chi connectivity index (χ4n) is 1.86. The number of hydrogen-bond donors (Lipinski definition) is 1. The quantitative estimate of drug-likeness (QED) is 0.796. The number of amides is 2. The van der Waals surface area contributed by atoms with Crippen LogP contribution >= 0.6 is 0 Å². The molecule has 0 bridgehead atoms. The summed E-state index contributed by atoms with van der Waals surface area (Å²) in [6.07, 6.45) is 3.35. The lowest BCUT2D eigenvalue weighted by Crippen LogP contribution is -2.50. The molecule has 2 amide bonds. The summed E-state index contributed by atoms with van der Waals surface area (Å²) in [4.78, 5) is 25.7. The van der Waals surface area contributed by atoms with E-state index in [1.165, 1.54) is 6.42 Å². The van der Waals surface area contributed by atoms with Gasteiger partial charge in [-0.1, -0.05) is 20.8 Å². The fraction of sp³-hybridized carbons (Fsp3) is 0.846. The second-order valence-corrected chi connectivity index (χ2v) is 5.83. The summed E-state index contributed by atoms with van der Waals surface area (Å²) >= 11 is 0. The maximum atomic E-state index is 12.1. The van der Waals surface area contributed by atoms with Gasteiger partial charge in [-0.2, -0.15) is 0 Å². The van der Waals surface area contributed by atoms with Gasteiger partial charge in [-0.05, 0) is 26.2 Å². The van der Waals surface area contributed by atoms with Crippen LogP contribution in [-0.4, -0.2) is 35.8 Å². The van der Waals surface area contributed by atoms with E-state index < -0.39 is 11.5 Å². The third kappa shape index (κ3) is 4.02. The van der Waals surface area contributed by atoms with E-state index in [2.05, 4.69) is 5.32 Å². The Morgan fingerprint density at radius 1 is 1.12 bits per heavy atom. The molecule has 4 nitrogen and oxygen atoms in total. The van der Waals surface area contributed by atoms with Crippen LogP contribution in [0.4, 0.5) is 0 Å². The Balaban J connectivity index is 2.49. The van der Waals surface area contributed by atoms with Crippen molar-refractivity contribution >= 4 is 11.8 Å². The Kier molecular flexibility index (Phi) is 4.54. The van der Waals surface area contributed by atoms with Crippen LogP contribution in [0.15, 0.2) is 0 Å². The maximum absolute atomic E-state index is 12.1. The highest BCUT2D eigenvalue weighted by Gasteiger charge is 2.27. The molecule has 1 aliphatic heterocycles. The van der Waals surface area contributed by atoms with E-state index in [-0.39, 0.29) is 11.8 Å². The molecule has 17 heavy (non-hydrogen) atoms. The summed E-state index contributed by atoms with van der Waals surface area (Å²) in [6.45, 7) is 8.96. The van der Waals surface area contributed by atoms with Crippen molar-refractivity contribution in [3.63, 3.8) is 0 Å². The minimum atomic E-state index is -0.448. The van der Waals surface area contributed by atoms with Gasteiger partial charge in [0.05, 0.1) is 0 Å². The normalized spacial score (nSPS) is 18.7. The molecule has 1 heterocycles. The van der Waals surface area contributed by atoms with Crippen LogP contribution in [-0.2, 0) is 9.59 Å². The van der Waals surface area contributed by atoms with E-state index in [4.69, 9.17) is 0 Å². The smallest absolute Gasteiger partial charge is 0.244 e. The lowest BCUT2D eigenvalue weighted by molar-refractivity contribution is -0.138. The van der Waals surface area contributed by atoms with Crippen LogP contribution in [0.25, 0.3) is 0 Å². The highest BCUT2D eigenvalue weighted by Crippen LogP contribution is 2.14. The molecule has 1 saturated heterocycles. The second-order valence-electron chi connectivity index (χ2n) is 5.83. The molecular weight excluding hydrogens is 216 g/mol. The zero-order valence-electron chi connectivity index (χ0n) is 11.4. The van der Waals surface area contributed by atoms with Crippen LogP contribution in [0.3, 0.4) is 0 Å². The standard InChI is InChI=1S/C13H24N2O2/c1-10(14-12(17)13(2,3)4)11(16)15-8-6-5-7-9-15/h10H,5-9H2,1-4H3,(H,14,17)/t10-/m1/s1. The van der Waals surface area contributed by atoms with Gasteiger partial charge in [-0.15, -0.1) is 0 Å². The monoisotopic (exact) mass is 240 g/mol. The fourth-order valence-corrected chi connectivity index (χ4v) is 1.86. The molecule has 0 saturated carbocycles. The molecule has 4 heteroatoms.